The topological polar surface area (TPSA) is 105 Å². The zero-order chi connectivity index (χ0) is 30.1. The van der Waals surface area contributed by atoms with Crippen molar-refractivity contribution in [3.63, 3.8) is 0 Å². The van der Waals surface area contributed by atoms with Gasteiger partial charge in [0, 0.05) is 18.7 Å². The number of carbonyl (C=O) groups excluding carboxylic acids is 2. The van der Waals surface area contributed by atoms with Crippen molar-refractivity contribution in [2.45, 2.75) is 62.6 Å². The van der Waals surface area contributed by atoms with E-state index in [0.29, 0.717) is 11.5 Å². The van der Waals surface area contributed by atoms with Gasteiger partial charge in [-0.05, 0) is 49.6 Å². The van der Waals surface area contributed by atoms with E-state index >= 15 is 0 Å². The van der Waals surface area contributed by atoms with Crippen molar-refractivity contribution >= 4 is 27.5 Å². The van der Waals surface area contributed by atoms with Crippen LogP contribution in [0.4, 0.5) is 5.69 Å². The van der Waals surface area contributed by atoms with E-state index < -0.39 is 28.5 Å². The number of amides is 2. The molecule has 2 amide bonds. The summed E-state index contributed by atoms with van der Waals surface area (Å²) in [5.41, 5.74) is 1.05. The molecule has 1 atom stereocenters. The van der Waals surface area contributed by atoms with Crippen molar-refractivity contribution in [3.8, 4) is 11.5 Å². The molecule has 1 saturated carbocycles. The molecule has 1 aliphatic carbocycles. The van der Waals surface area contributed by atoms with E-state index in [2.05, 4.69) is 5.32 Å². The first-order valence-electron chi connectivity index (χ1n) is 14.2. The highest BCUT2D eigenvalue weighted by atomic mass is 32.2. The first-order chi connectivity index (χ1) is 20.2. The van der Waals surface area contributed by atoms with Crippen LogP contribution in [0.1, 0.15) is 44.6 Å². The van der Waals surface area contributed by atoms with Gasteiger partial charge in [0.15, 0.2) is 11.5 Å². The van der Waals surface area contributed by atoms with E-state index in [1.54, 1.807) is 37.3 Å². The second-order valence-corrected chi connectivity index (χ2v) is 12.3. The molecule has 0 saturated heterocycles. The maximum absolute atomic E-state index is 14.1. The van der Waals surface area contributed by atoms with Gasteiger partial charge in [-0.1, -0.05) is 67.8 Å². The number of sulfonamides is 1. The third kappa shape index (κ3) is 7.42. The molecule has 3 aromatic carbocycles. The second kappa shape index (κ2) is 14.2. The predicted octanol–water partition coefficient (Wildman–Crippen LogP) is 4.77. The summed E-state index contributed by atoms with van der Waals surface area (Å²) in [4.78, 5) is 29.0. The van der Waals surface area contributed by atoms with Crippen molar-refractivity contribution in [1.82, 2.24) is 10.2 Å². The monoisotopic (exact) mass is 593 g/mol. The lowest BCUT2D eigenvalue weighted by molar-refractivity contribution is -0.139. The fraction of sp³-hybridized carbons (Fsp3) is 0.375. The van der Waals surface area contributed by atoms with Gasteiger partial charge in [-0.2, -0.15) is 0 Å². The van der Waals surface area contributed by atoms with Crippen LogP contribution in [0.2, 0.25) is 0 Å². The van der Waals surface area contributed by atoms with Gasteiger partial charge in [0.2, 0.25) is 11.8 Å². The van der Waals surface area contributed by atoms with Crippen molar-refractivity contribution in [1.29, 1.82) is 0 Å². The number of anilines is 1. The average molecular weight is 594 g/mol. The van der Waals surface area contributed by atoms with E-state index in [0.717, 1.165) is 42.0 Å². The molecule has 0 unspecified atom stereocenters. The number of nitrogens with one attached hydrogen (secondary N) is 1. The summed E-state index contributed by atoms with van der Waals surface area (Å²) < 4.78 is 39.8. The standard InChI is InChI=1S/C32H39N3O6S/c1-24(32(37)33-26-15-9-5-10-16-26)34(22-25-13-7-4-8-14-25)31(36)23-35(42(38,39)28-17-11-6-12-18-28)27-19-20-29(40-2)30(21-27)41-3/h4,6-8,11-14,17-21,24,26H,5,9-10,15-16,22-23H2,1-3H3,(H,33,37)/t24-/m1/s1. The maximum Gasteiger partial charge on any atom is 0.264 e. The summed E-state index contributed by atoms with van der Waals surface area (Å²) in [7, 11) is -1.24. The Morgan fingerprint density at radius 2 is 1.50 bits per heavy atom. The van der Waals surface area contributed by atoms with Crippen LogP contribution in [0.5, 0.6) is 11.5 Å². The molecular formula is C32H39N3O6S. The van der Waals surface area contributed by atoms with Crippen LogP contribution >= 0.6 is 0 Å². The normalized spacial score (nSPS) is 14.5. The fourth-order valence-electron chi connectivity index (χ4n) is 5.16. The summed E-state index contributed by atoms with van der Waals surface area (Å²) in [6.07, 6.45) is 5.09. The summed E-state index contributed by atoms with van der Waals surface area (Å²) in [5.74, 6) is -0.0328. The first kappa shape index (κ1) is 30.9. The number of methoxy groups -OCH3 is 2. The molecule has 42 heavy (non-hydrogen) atoms. The van der Waals surface area contributed by atoms with Gasteiger partial charge < -0.3 is 19.7 Å². The average Bonchev–Trinajstić information content (AvgIpc) is 3.03. The molecule has 224 valence electrons. The Balaban J connectivity index is 1.69. The number of benzene rings is 3. The molecular weight excluding hydrogens is 554 g/mol. The van der Waals surface area contributed by atoms with Gasteiger partial charge in [0.1, 0.15) is 12.6 Å². The predicted molar refractivity (Wildman–Crippen MR) is 162 cm³/mol. The van der Waals surface area contributed by atoms with Crippen LogP contribution in [0, 0.1) is 0 Å². The Bertz CT molecular complexity index is 1440. The lowest BCUT2D eigenvalue weighted by Gasteiger charge is -2.33. The van der Waals surface area contributed by atoms with Crippen LogP contribution in [0.3, 0.4) is 0 Å². The van der Waals surface area contributed by atoms with E-state index in [4.69, 9.17) is 9.47 Å². The van der Waals surface area contributed by atoms with E-state index in [9.17, 15) is 18.0 Å². The quantitative estimate of drug-likeness (QED) is 0.325. The SMILES string of the molecule is COc1ccc(N(CC(=O)N(Cc2ccccc2)[C@H](C)C(=O)NC2CCCCC2)S(=O)(=O)c2ccccc2)cc1OC. The smallest absolute Gasteiger partial charge is 0.264 e. The Hall–Kier alpha value is -4.05. The summed E-state index contributed by atoms with van der Waals surface area (Å²) >= 11 is 0. The second-order valence-electron chi connectivity index (χ2n) is 10.4. The molecule has 1 N–H and O–H groups in total. The van der Waals surface area contributed by atoms with Crippen LogP contribution in [0.25, 0.3) is 0 Å². The number of hydrogen-bond donors (Lipinski definition) is 1. The summed E-state index contributed by atoms with van der Waals surface area (Å²) in [6, 6.07) is 21.2. The van der Waals surface area contributed by atoms with Gasteiger partial charge in [-0.15, -0.1) is 0 Å². The van der Waals surface area contributed by atoms with Crippen molar-refractivity contribution in [3.05, 3.63) is 84.4 Å². The number of carbonyl (C=O) groups is 2. The Labute approximate surface area is 248 Å². The third-order valence-electron chi connectivity index (χ3n) is 7.58. The van der Waals surface area contributed by atoms with Crippen LogP contribution in [0.15, 0.2) is 83.8 Å². The Kier molecular flexibility index (Phi) is 10.5. The minimum absolute atomic E-state index is 0.0327. The Morgan fingerprint density at radius 3 is 2.12 bits per heavy atom. The Morgan fingerprint density at radius 1 is 0.881 bits per heavy atom. The van der Waals surface area contributed by atoms with Gasteiger partial charge >= 0.3 is 0 Å². The van der Waals surface area contributed by atoms with Gasteiger partial charge in [-0.25, -0.2) is 8.42 Å². The van der Waals surface area contributed by atoms with E-state index in [-0.39, 0.29) is 29.1 Å². The minimum Gasteiger partial charge on any atom is -0.493 e. The number of hydrogen-bond acceptors (Lipinski definition) is 6. The zero-order valence-corrected chi connectivity index (χ0v) is 25.2. The molecule has 0 aliphatic heterocycles. The van der Waals surface area contributed by atoms with Gasteiger partial charge in [0.25, 0.3) is 10.0 Å². The first-order valence-corrected chi connectivity index (χ1v) is 15.6. The molecule has 0 heterocycles. The van der Waals surface area contributed by atoms with Crippen LogP contribution < -0.4 is 19.1 Å². The number of nitrogens with zero attached hydrogens (tertiary/aromatic N) is 2. The molecule has 10 heteroatoms. The van der Waals surface area contributed by atoms with E-state index in [1.165, 1.54) is 37.3 Å². The van der Waals surface area contributed by atoms with Crippen LogP contribution in [-0.4, -0.2) is 58.0 Å². The fourth-order valence-corrected chi connectivity index (χ4v) is 6.59. The van der Waals surface area contributed by atoms with Gasteiger partial charge in [-0.3, -0.25) is 13.9 Å². The molecule has 4 rings (SSSR count). The number of ether oxygens (including phenoxy) is 2. The highest BCUT2D eigenvalue weighted by Gasteiger charge is 2.33. The molecule has 0 spiro atoms. The molecule has 0 bridgehead atoms. The number of rotatable bonds is 12. The molecule has 9 nitrogen and oxygen atoms in total. The van der Waals surface area contributed by atoms with Crippen molar-refractivity contribution < 1.29 is 27.5 Å². The lowest BCUT2D eigenvalue weighted by Crippen LogP contribution is -2.53. The lowest BCUT2D eigenvalue weighted by atomic mass is 9.95. The van der Waals surface area contributed by atoms with Crippen LogP contribution in [-0.2, 0) is 26.2 Å². The molecule has 0 aromatic heterocycles. The third-order valence-corrected chi connectivity index (χ3v) is 9.37. The van der Waals surface area contributed by atoms with Crippen molar-refractivity contribution in [2.75, 3.05) is 25.1 Å². The highest BCUT2D eigenvalue weighted by Crippen LogP contribution is 2.34. The molecule has 0 radical (unpaired) electrons. The maximum atomic E-state index is 14.1. The molecule has 1 fully saturated rings. The summed E-state index contributed by atoms with van der Waals surface area (Å²) in [6.45, 7) is 1.30. The molecule has 3 aromatic rings. The minimum atomic E-state index is -4.18. The zero-order valence-electron chi connectivity index (χ0n) is 24.4. The molecule has 1 aliphatic rings. The van der Waals surface area contributed by atoms with E-state index in [1.807, 2.05) is 30.3 Å². The summed E-state index contributed by atoms with van der Waals surface area (Å²) in [5, 5.41) is 3.11. The van der Waals surface area contributed by atoms with Crippen molar-refractivity contribution in [2.24, 2.45) is 0 Å². The largest absolute Gasteiger partial charge is 0.493 e. The highest BCUT2D eigenvalue weighted by molar-refractivity contribution is 7.92. The van der Waals surface area contributed by atoms with Gasteiger partial charge in [0.05, 0.1) is 24.8 Å².